The first-order chi connectivity index (χ1) is 8.84. The topological polar surface area (TPSA) is 50.7 Å². The lowest BCUT2D eigenvalue weighted by atomic mass is 10.1. The fraction of sp³-hybridized carbons (Fsp3) is 0.143. The summed E-state index contributed by atoms with van der Waals surface area (Å²) in [6, 6.07) is 8.12. The number of aryl methyl sites for hydroxylation is 1. The number of carbonyl (C=O) groups is 1. The highest BCUT2D eigenvalue weighted by atomic mass is 16.2. The van der Waals surface area contributed by atoms with E-state index in [1.807, 2.05) is 24.4 Å². The molecule has 0 spiro atoms. The van der Waals surface area contributed by atoms with Gasteiger partial charge in [0.25, 0.3) is 0 Å². The third kappa shape index (κ3) is 1.93. The first-order valence-corrected chi connectivity index (χ1v) is 5.91. The molecular formula is C14H13N3O. The second-order valence-electron chi connectivity index (χ2n) is 4.22. The summed E-state index contributed by atoms with van der Waals surface area (Å²) in [6.07, 6.45) is 8.03. The van der Waals surface area contributed by atoms with Crippen molar-refractivity contribution in [2.24, 2.45) is 0 Å². The van der Waals surface area contributed by atoms with Gasteiger partial charge in [-0.05, 0) is 18.1 Å². The summed E-state index contributed by atoms with van der Waals surface area (Å²) in [6.45, 7) is 0. The molecular weight excluding hydrogens is 226 g/mol. The molecule has 90 valence electrons. The number of benzene rings is 1. The summed E-state index contributed by atoms with van der Waals surface area (Å²) in [5, 5.41) is 1.19. The van der Waals surface area contributed by atoms with Crippen LogP contribution in [0.5, 0.6) is 0 Å². The molecule has 4 heteroatoms. The molecule has 18 heavy (non-hydrogen) atoms. The Morgan fingerprint density at radius 3 is 3.06 bits per heavy atom. The van der Waals surface area contributed by atoms with Crippen molar-refractivity contribution >= 4 is 16.8 Å². The number of imidazole rings is 1. The Hall–Kier alpha value is -2.36. The van der Waals surface area contributed by atoms with Gasteiger partial charge in [0.05, 0.1) is 0 Å². The first kappa shape index (κ1) is 10.8. The van der Waals surface area contributed by atoms with Crippen LogP contribution in [-0.4, -0.2) is 20.4 Å². The Bertz CT molecular complexity index is 667. The smallest absolute Gasteiger partial charge is 0.232 e. The molecule has 1 N–H and O–H groups in total. The number of fused-ring (bicyclic) bond motifs is 1. The zero-order chi connectivity index (χ0) is 12.4. The Morgan fingerprint density at radius 1 is 1.33 bits per heavy atom. The Balaban J connectivity index is 1.76. The van der Waals surface area contributed by atoms with E-state index in [2.05, 4.69) is 16.0 Å². The molecule has 0 aliphatic heterocycles. The number of para-hydroxylation sites is 1. The number of rotatable bonds is 3. The molecule has 0 bridgehead atoms. The monoisotopic (exact) mass is 239 g/mol. The molecule has 0 saturated carbocycles. The van der Waals surface area contributed by atoms with E-state index >= 15 is 0 Å². The van der Waals surface area contributed by atoms with E-state index in [4.69, 9.17) is 0 Å². The van der Waals surface area contributed by atoms with Crippen LogP contribution in [0, 0.1) is 0 Å². The van der Waals surface area contributed by atoms with Crippen LogP contribution >= 0.6 is 0 Å². The molecule has 3 rings (SSSR count). The number of carbonyl (C=O) groups excluding carboxylic acids is 1. The van der Waals surface area contributed by atoms with Gasteiger partial charge in [0.2, 0.25) is 5.91 Å². The van der Waals surface area contributed by atoms with Gasteiger partial charge in [-0.25, -0.2) is 4.98 Å². The number of hydrogen-bond donors (Lipinski definition) is 1. The first-order valence-electron chi connectivity index (χ1n) is 5.91. The molecule has 0 saturated heterocycles. The minimum absolute atomic E-state index is 0.0674. The third-order valence-electron chi connectivity index (χ3n) is 3.08. The maximum absolute atomic E-state index is 11.8. The van der Waals surface area contributed by atoms with Crippen LogP contribution in [-0.2, 0) is 6.42 Å². The fourth-order valence-corrected chi connectivity index (χ4v) is 2.12. The van der Waals surface area contributed by atoms with Crippen LogP contribution in [0.1, 0.15) is 16.8 Å². The van der Waals surface area contributed by atoms with E-state index in [0.717, 1.165) is 11.9 Å². The van der Waals surface area contributed by atoms with Crippen LogP contribution in [0.2, 0.25) is 0 Å². The molecule has 0 aliphatic rings. The van der Waals surface area contributed by atoms with Gasteiger partial charge >= 0.3 is 0 Å². The number of hydrogen-bond acceptors (Lipinski definition) is 2. The number of aromatic amines is 1. The molecule has 0 atom stereocenters. The standard InChI is InChI=1S/C14H13N3O/c18-14(17-8-7-15-10-17)6-5-11-9-16-13-4-2-1-3-12(11)13/h1-4,7-10,16H,5-6H2. The number of aromatic nitrogens is 3. The van der Waals surface area contributed by atoms with E-state index < -0.39 is 0 Å². The minimum Gasteiger partial charge on any atom is -0.361 e. The molecule has 4 nitrogen and oxygen atoms in total. The van der Waals surface area contributed by atoms with Gasteiger partial charge in [0.1, 0.15) is 6.33 Å². The second kappa shape index (κ2) is 4.49. The normalized spacial score (nSPS) is 10.9. The quantitative estimate of drug-likeness (QED) is 0.763. The highest BCUT2D eigenvalue weighted by molar-refractivity contribution is 5.84. The molecule has 2 aromatic heterocycles. The Morgan fingerprint density at radius 2 is 2.22 bits per heavy atom. The van der Waals surface area contributed by atoms with Crippen molar-refractivity contribution in [3.8, 4) is 0 Å². The van der Waals surface area contributed by atoms with Crippen LogP contribution in [0.25, 0.3) is 10.9 Å². The van der Waals surface area contributed by atoms with Gasteiger partial charge in [0, 0.05) is 35.9 Å². The second-order valence-corrected chi connectivity index (χ2v) is 4.22. The Kier molecular flexibility index (Phi) is 2.68. The van der Waals surface area contributed by atoms with Crippen LogP contribution in [0.4, 0.5) is 0 Å². The molecule has 0 radical (unpaired) electrons. The molecule has 1 aromatic carbocycles. The lowest BCUT2D eigenvalue weighted by molar-refractivity contribution is 0.0903. The van der Waals surface area contributed by atoms with Crippen LogP contribution < -0.4 is 0 Å². The SMILES string of the molecule is O=C(CCc1c[nH]c2ccccc12)n1ccnc1. The van der Waals surface area contributed by atoms with Crippen molar-refractivity contribution in [2.75, 3.05) is 0 Å². The summed E-state index contributed by atoms with van der Waals surface area (Å²) >= 11 is 0. The average molecular weight is 239 g/mol. The van der Waals surface area contributed by atoms with Gasteiger partial charge in [0.15, 0.2) is 0 Å². The number of nitrogens with zero attached hydrogens (tertiary/aromatic N) is 2. The summed E-state index contributed by atoms with van der Waals surface area (Å²) in [5.41, 5.74) is 2.29. The highest BCUT2D eigenvalue weighted by Gasteiger charge is 2.07. The van der Waals surface area contributed by atoms with E-state index in [1.165, 1.54) is 21.8 Å². The van der Waals surface area contributed by atoms with Crippen molar-refractivity contribution in [1.29, 1.82) is 0 Å². The highest BCUT2D eigenvalue weighted by Crippen LogP contribution is 2.19. The largest absolute Gasteiger partial charge is 0.361 e. The third-order valence-corrected chi connectivity index (χ3v) is 3.08. The Labute approximate surface area is 104 Å². The molecule has 0 fully saturated rings. The molecule has 2 heterocycles. The summed E-state index contributed by atoms with van der Waals surface area (Å²) in [5.74, 6) is 0.0674. The number of nitrogens with one attached hydrogen (secondary N) is 1. The van der Waals surface area contributed by atoms with Gasteiger partial charge in [-0.1, -0.05) is 18.2 Å². The van der Waals surface area contributed by atoms with E-state index in [0.29, 0.717) is 6.42 Å². The van der Waals surface area contributed by atoms with Crippen molar-refractivity contribution in [1.82, 2.24) is 14.5 Å². The lowest BCUT2D eigenvalue weighted by Crippen LogP contribution is -2.08. The molecule has 0 amide bonds. The maximum Gasteiger partial charge on any atom is 0.232 e. The maximum atomic E-state index is 11.8. The van der Waals surface area contributed by atoms with E-state index in [-0.39, 0.29) is 5.91 Å². The van der Waals surface area contributed by atoms with Gasteiger partial charge in [-0.3, -0.25) is 9.36 Å². The van der Waals surface area contributed by atoms with Gasteiger partial charge in [-0.2, -0.15) is 0 Å². The lowest BCUT2D eigenvalue weighted by Gasteiger charge is -2.00. The minimum atomic E-state index is 0.0674. The van der Waals surface area contributed by atoms with E-state index in [9.17, 15) is 4.79 Å². The predicted octanol–water partition coefficient (Wildman–Crippen LogP) is 2.64. The van der Waals surface area contributed by atoms with Gasteiger partial charge < -0.3 is 4.98 Å². The van der Waals surface area contributed by atoms with Gasteiger partial charge in [-0.15, -0.1) is 0 Å². The fourth-order valence-electron chi connectivity index (χ4n) is 2.12. The average Bonchev–Trinajstić information content (AvgIpc) is 3.06. The summed E-state index contributed by atoms with van der Waals surface area (Å²) in [7, 11) is 0. The predicted molar refractivity (Wildman–Crippen MR) is 69.5 cm³/mol. The summed E-state index contributed by atoms with van der Waals surface area (Å²) in [4.78, 5) is 18.9. The zero-order valence-electron chi connectivity index (χ0n) is 9.84. The zero-order valence-corrected chi connectivity index (χ0v) is 9.84. The van der Waals surface area contributed by atoms with Crippen molar-refractivity contribution in [3.63, 3.8) is 0 Å². The van der Waals surface area contributed by atoms with Crippen molar-refractivity contribution < 1.29 is 4.79 Å². The van der Waals surface area contributed by atoms with E-state index in [1.54, 1.807) is 12.4 Å². The van der Waals surface area contributed by atoms with Crippen LogP contribution in [0.3, 0.4) is 0 Å². The number of H-pyrrole nitrogens is 1. The van der Waals surface area contributed by atoms with Crippen molar-refractivity contribution in [3.05, 3.63) is 54.7 Å². The molecule has 3 aromatic rings. The van der Waals surface area contributed by atoms with Crippen LogP contribution in [0.15, 0.2) is 49.2 Å². The molecule has 0 aliphatic carbocycles. The summed E-state index contributed by atoms with van der Waals surface area (Å²) < 4.78 is 1.52. The van der Waals surface area contributed by atoms with Crippen molar-refractivity contribution in [2.45, 2.75) is 12.8 Å². The molecule has 0 unspecified atom stereocenters.